The van der Waals surface area contributed by atoms with Crippen molar-refractivity contribution in [2.24, 2.45) is 11.3 Å². The van der Waals surface area contributed by atoms with E-state index in [1.165, 1.54) is 23.3 Å². The third-order valence-corrected chi connectivity index (χ3v) is 9.56. The van der Waals surface area contributed by atoms with Crippen LogP contribution in [0.3, 0.4) is 0 Å². The number of aliphatic hydroxyl groups is 1. The first-order valence-corrected chi connectivity index (χ1v) is 14.6. The van der Waals surface area contributed by atoms with Gasteiger partial charge >= 0.3 is 0 Å². The maximum absolute atomic E-state index is 13.5. The Morgan fingerprint density at radius 2 is 2.00 bits per heavy atom. The molecule has 1 fully saturated rings. The summed E-state index contributed by atoms with van der Waals surface area (Å²) >= 11 is 2.31. The Labute approximate surface area is 237 Å². The fourth-order valence-electron chi connectivity index (χ4n) is 6.25. The summed E-state index contributed by atoms with van der Waals surface area (Å²) in [5, 5.41) is 18.8. The molecule has 0 saturated heterocycles. The van der Waals surface area contributed by atoms with E-state index in [1.54, 1.807) is 12.1 Å². The molecule has 0 spiro atoms. The molecular weight excluding hydrogens is 592 g/mol. The molecule has 1 unspecified atom stereocenters. The predicted octanol–water partition coefficient (Wildman–Crippen LogP) is 6.77. The Kier molecular flexibility index (Phi) is 7.52. The van der Waals surface area contributed by atoms with Gasteiger partial charge in [0.1, 0.15) is 11.4 Å². The molecule has 5 rings (SSSR count). The highest BCUT2D eigenvalue weighted by atomic mass is 127. The number of hydrogen-bond donors (Lipinski definition) is 2. The number of fused-ring (bicyclic) bond motifs is 2. The van der Waals surface area contributed by atoms with Gasteiger partial charge in [0.2, 0.25) is 0 Å². The van der Waals surface area contributed by atoms with Crippen LogP contribution in [0.4, 0.5) is 4.39 Å². The first-order chi connectivity index (χ1) is 18.2. The minimum absolute atomic E-state index is 0.0413. The lowest BCUT2D eigenvalue weighted by Crippen LogP contribution is -2.47. The molecule has 3 atom stereocenters. The highest BCUT2D eigenvalue weighted by Crippen LogP contribution is 2.55. The van der Waals surface area contributed by atoms with Crippen molar-refractivity contribution < 1.29 is 14.3 Å². The van der Waals surface area contributed by atoms with Gasteiger partial charge in [-0.15, -0.1) is 0 Å². The standard InChI is InChI=1S/C31H35FIN3O2/c1-4-31(38,5-2)29(37)35-27(20-7-6-8-25(33)15-20)16-22-9-10-23-17-28-21(18-30(22,23)3)19-34-36(28)26-13-11-24(32)12-14-26/h6-8,11-15,17,19,22,27,38H,4-5,9-10,16,18H2,1-3H3,(H,35,37)/t22-,27?,30-/m1/s1. The minimum atomic E-state index is -1.36. The minimum Gasteiger partial charge on any atom is -0.380 e. The van der Waals surface area contributed by atoms with E-state index < -0.39 is 5.60 Å². The second kappa shape index (κ2) is 10.6. The molecule has 2 aromatic carbocycles. The van der Waals surface area contributed by atoms with E-state index in [0.717, 1.165) is 46.2 Å². The third-order valence-electron chi connectivity index (χ3n) is 8.89. The Morgan fingerprint density at radius 1 is 1.26 bits per heavy atom. The Balaban J connectivity index is 1.43. The summed E-state index contributed by atoms with van der Waals surface area (Å²) in [6, 6.07) is 14.5. The predicted molar refractivity (Wildman–Crippen MR) is 156 cm³/mol. The van der Waals surface area contributed by atoms with Gasteiger partial charge < -0.3 is 10.4 Å². The smallest absolute Gasteiger partial charge is 0.252 e. The lowest BCUT2D eigenvalue weighted by Gasteiger charge is -2.38. The second-order valence-electron chi connectivity index (χ2n) is 11.0. The topological polar surface area (TPSA) is 67.2 Å². The summed E-state index contributed by atoms with van der Waals surface area (Å²) < 4.78 is 16.5. The van der Waals surface area contributed by atoms with Gasteiger partial charge in [-0.25, -0.2) is 9.07 Å². The Hall–Kier alpha value is -2.52. The molecule has 1 heterocycles. The van der Waals surface area contributed by atoms with Crippen LogP contribution in [0.15, 0.2) is 60.3 Å². The number of halogens is 2. The number of nitrogens with one attached hydrogen (secondary N) is 1. The third kappa shape index (κ3) is 4.95. The molecule has 200 valence electrons. The van der Waals surface area contributed by atoms with Gasteiger partial charge in [0.25, 0.3) is 5.91 Å². The number of benzene rings is 2. The van der Waals surface area contributed by atoms with Crippen molar-refractivity contribution in [3.05, 3.63) is 86.5 Å². The number of aromatic nitrogens is 2. The molecule has 7 heteroatoms. The molecule has 0 aliphatic heterocycles. The molecule has 1 amide bonds. The normalized spacial score (nSPS) is 21.4. The van der Waals surface area contributed by atoms with Crippen LogP contribution in [0.25, 0.3) is 11.8 Å². The first-order valence-electron chi connectivity index (χ1n) is 13.5. The quantitative estimate of drug-likeness (QED) is 0.271. The van der Waals surface area contributed by atoms with E-state index in [4.69, 9.17) is 0 Å². The maximum atomic E-state index is 13.5. The second-order valence-corrected chi connectivity index (χ2v) is 12.2. The number of hydrogen-bond acceptors (Lipinski definition) is 3. The van der Waals surface area contributed by atoms with E-state index in [9.17, 15) is 14.3 Å². The maximum Gasteiger partial charge on any atom is 0.252 e. The van der Waals surface area contributed by atoms with Crippen molar-refractivity contribution in [3.8, 4) is 5.69 Å². The van der Waals surface area contributed by atoms with E-state index in [1.807, 2.05) is 30.8 Å². The highest BCUT2D eigenvalue weighted by molar-refractivity contribution is 14.1. The van der Waals surface area contributed by atoms with Gasteiger partial charge in [0.05, 0.1) is 23.6 Å². The molecule has 1 aromatic heterocycles. The fourth-order valence-corrected chi connectivity index (χ4v) is 6.82. The van der Waals surface area contributed by atoms with Crippen LogP contribution >= 0.6 is 22.6 Å². The summed E-state index contributed by atoms with van der Waals surface area (Å²) in [6.45, 7) is 6.05. The van der Waals surface area contributed by atoms with Gasteiger partial charge in [-0.2, -0.15) is 5.10 Å². The van der Waals surface area contributed by atoms with Crippen LogP contribution < -0.4 is 5.32 Å². The summed E-state index contributed by atoms with van der Waals surface area (Å²) in [5.74, 6) is -0.197. The van der Waals surface area contributed by atoms with Gasteiger partial charge in [-0.3, -0.25) is 4.79 Å². The highest BCUT2D eigenvalue weighted by Gasteiger charge is 2.46. The number of rotatable bonds is 8. The molecule has 2 N–H and O–H groups in total. The Morgan fingerprint density at radius 3 is 2.68 bits per heavy atom. The van der Waals surface area contributed by atoms with Crippen LogP contribution in [0.5, 0.6) is 0 Å². The Bertz CT molecular complexity index is 1360. The summed E-state index contributed by atoms with van der Waals surface area (Å²) in [5.41, 5.74) is 4.19. The van der Waals surface area contributed by atoms with Crippen LogP contribution in [-0.4, -0.2) is 26.4 Å². The number of amides is 1. The van der Waals surface area contributed by atoms with Crippen molar-refractivity contribution in [1.82, 2.24) is 15.1 Å². The van der Waals surface area contributed by atoms with Gasteiger partial charge in [-0.1, -0.05) is 38.5 Å². The van der Waals surface area contributed by atoms with Crippen LogP contribution in [0.2, 0.25) is 0 Å². The van der Waals surface area contributed by atoms with Crippen molar-refractivity contribution >= 4 is 34.6 Å². The van der Waals surface area contributed by atoms with Crippen molar-refractivity contribution in [2.45, 2.75) is 70.9 Å². The molecule has 2 aliphatic carbocycles. The molecule has 1 saturated carbocycles. The van der Waals surface area contributed by atoms with E-state index in [0.29, 0.717) is 18.8 Å². The SMILES string of the molecule is CCC(O)(CC)C(=O)NC(C[C@H]1CCC2=Cc3c(cnn3-c3ccc(F)cc3)C[C@@]21C)c1cccc(I)c1. The van der Waals surface area contributed by atoms with Crippen LogP contribution in [0.1, 0.15) is 75.7 Å². The van der Waals surface area contributed by atoms with Crippen LogP contribution in [0, 0.1) is 20.7 Å². The van der Waals surface area contributed by atoms with E-state index >= 15 is 0 Å². The van der Waals surface area contributed by atoms with Crippen molar-refractivity contribution in [1.29, 1.82) is 0 Å². The van der Waals surface area contributed by atoms with Gasteiger partial charge in [-0.05, 0) is 126 Å². The van der Waals surface area contributed by atoms with Gasteiger partial charge in [0.15, 0.2) is 0 Å². The molecule has 38 heavy (non-hydrogen) atoms. The summed E-state index contributed by atoms with van der Waals surface area (Å²) in [6.07, 6.45) is 8.68. The monoisotopic (exact) mass is 627 g/mol. The average Bonchev–Trinajstić information content (AvgIpc) is 3.46. The van der Waals surface area contributed by atoms with Gasteiger partial charge in [0, 0.05) is 3.57 Å². The van der Waals surface area contributed by atoms with Crippen molar-refractivity contribution in [2.75, 3.05) is 0 Å². The number of carbonyl (C=O) groups is 1. The summed E-state index contributed by atoms with van der Waals surface area (Å²) in [4.78, 5) is 13.2. The summed E-state index contributed by atoms with van der Waals surface area (Å²) in [7, 11) is 0. The molecule has 2 aliphatic rings. The molecule has 0 bridgehead atoms. The average molecular weight is 628 g/mol. The first kappa shape index (κ1) is 27.1. The zero-order chi connectivity index (χ0) is 27.1. The zero-order valence-electron chi connectivity index (χ0n) is 22.2. The van der Waals surface area contributed by atoms with E-state index in [-0.39, 0.29) is 23.2 Å². The number of allylic oxidation sites excluding steroid dienone is 1. The largest absolute Gasteiger partial charge is 0.380 e. The van der Waals surface area contributed by atoms with Crippen LogP contribution in [-0.2, 0) is 11.2 Å². The lowest BCUT2D eigenvalue weighted by atomic mass is 9.68. The molecule has 3 aromatic rings. The number of carbonyl (C=O) groups excluding carboxylic acids is 1. The molecule has 5 nitrogen and oxygen atoms in total. The molecular formula is C31H35FIN3O2. The van der Waals surface area contributed by atoms with Crippen molar-refractivity contribution in [3.63, 3.8) is 0 Å². The number of nitrogens with zero attached hydrogens (tertiary/aromatic N) is 2. The fraction of sp³-hybridized carbons (Fsp3) is 0.419. The molecule has 0 radical (unpaired) electrons. The van der Waals surface area contributed by atoms with E-state index in [2.05, 4.69) is 64.2 Å². The zero-order valence-corrected chi connectivity index (χ0v) is 24.3. The lowest BCUT2D eigenvalue weighted by molar-refractivity contribution is -0.141.